The molecule has 0 radical (unpaired) electrons. The van der Waals surface area contributed by atoms with Gasteiger partial charge in [0.1, 0.15) is 5.82 Å². The smallest absolute Gasteiger partial charge is 0.203 e. The van der Waals surface area contributed by atoms with Gasteiger partial charge in [0.2, 0.25) is 5.95 Å². The number of halogens is 1. The number of fused-ring (bicyclic) bond motifs is 1. The Morgan fingerprint density at radius 2 is 2.42 bits per heavy atom. The second kappa shape index (κ2) is 5.14. The number of benzene rings is 1. The van der Waals surface area contributed by atoms with Crippen LogP contribution in [0, 0.1) is 5.82 Å². The molecule has 5 nitrogen and oxygen atoms in total. The van der Waals surface area contributed by atoms with Crippen molar-refractivity contribution in [1.82, 2.24) is 15.3 Å². The monoisotopic (exact) mass is 264 g/mol. The number of nitrogens with zero attached hydrogens (tertiary/aromatic N) is 2. The maximum Gasteiger partial charge on any atom is 0.203 e. The molecular formula is C13H17FN4O. The van der Waals surface area contributed by atoms with Gasteiger partial charge in [-0.25, -0.2) is 9.37 Å². The molecule has 2 aromatic rings. The highest BCUT2D eigenvalue weighted by Gasteiger charge is 2.17. The summed E-state index contributed by atoms with van der Waals surface area (Å²) < 4.78 is 18.8. The van der Waals surface area contributed by atoms with Crippen LogP contribution in [0.1, 0.15) is 0 Å². The van der Waals surface area contributed by atoms with Crippen molar-refractivity contribution in [1.29, 1.82) is 0 Å². The van der Waals surface area contributed by atoms with Crippen molar-refractivity contribution in [2.24, 2.45) is 0 Å². The van der Waals surface area contributed by atoms with Crippen molar-refractivity contribution in [2.45, 2.75) is 6.10 Å². The minimum atomic E-state index is -0.259. The predicted molar refractivity (Wildman–Crippen MR) is 71.9 cm³/mol. The van der Waals surface area contributed by atoms with Crippen LogP contribution >= 0.6 is 0 Å². The SMILES string of the molecule is CN(CC1CNCCO1)c1nc2ccc(F)cc2[nH]1. The van der Waals surface area contributed by atoms with Gasteiger partial charge >= 0.3 is 0 Å². The highest BCUT2D eigenvalue weighted by molar-refractivity contribution is 5.77. The lowest BCUT2D eigenvalue weighted by atomic mass is 10.3. The molecule has 2 heterocycles. The van der Waals surface area contributed by atoms with Gasteiger partial charge in [-0.1, -0.05) is 0 Å². The number of H-pyrrole nitrogens is 1. The van der Waals surface area contributed by atoms with Crippen LogP contribution in [0.25, 0.3) is 11.0 Å². The number of aromatic nitrogens is 2. The first-order chi connectivity index (χ1) is 9.22. The number of nitrogens with one attached hydrogen (secondary N) is 2. The number of ether oxygens (including phenoxy) is 1. The van der Waals surface area contributed by atoms with E-state index in [0.29, 0.717) is 5.52 Å². The molecule has 1 atom stereocenters. The van der Waals surface area contributed by atoms with Gasteiger partial charge in [0.25, 0.3) is 0 Å². The largest absolute Gasteiger partial charge is 0.374 e. The first kappa shape index (κ1) is 12.4. The van der Waals surface area contributed by atoms with Crippen molar-refractivity contribution in [2.75, 3.05) is 38.2 Å². The number of hydrogen-bond donors (Lipinski definition) is 2. The number of anilines is 1. The summed E-state index contributed by atoms with van der Waals surface area (Å²) in [6, 6.07) is 4.55. The number of hydrogen-bond acceptors (Lipinski definition) is 4. The third kappa shape index (κ3) is 2.69. The third-order valence-corrected chi connectivity index (χ3v) is 3.27. The van der Waals surface area contributed by atoms with E-state index >= 15 is 0 Å². The summed E-state index contributed by atoms with van der Waals surface area (Å²) >= 11 is 0. The summed E-state index contributed by atoms with van der Waals surface area (Å²) in [7, 11) is 1.95. The van der Waals surface area contributed by atoms with Crippen LogP contribution in [0.2, 0.25) is 0 Å². The first-order valence-electron chi connectivity index (χ1n) is 6.41. The van der Waals surface area contributed by atoms with Crippen LogP contribution in [0.15, 0.2) is 18.2 Å². The summed E-state index contributed by atoms with van der Waals surface area (Å²) in [5, 5.41) is 3.29. The topological polar surface area (TPSA) is 53.2 Å². The molecule has 0 spiro atoms. The van der Waals surface area contributed by atoms with Gasteiger partial charge in [-0.3, -0.25) is 0 Å². The lowest BCUT2D eigenvalue weighted by Crippen LogP contribution is -2.44. The molecule has 1 unspecified atom stereocenters. The number of likely N-dealkylation sites (N-methyl/N-ethyl adjacent to an activating group) is 1. The van der Waals surface area contributed by atoms with Gasteiger partial charge in [-0.2, -0.15) is 0 Å². The number of imidazole rings is 1. The van der Waals surface area contributed by atoms with E-state index in [0.717, 1.165) is 37.7 Å². The summed E-state index contributed by atoms with van der Waals surface area (Å²) in [4.78, 5) is 9.57. The molecular weight excluding hydrogens is 247 g/mol. The first-order valence-corrected chi connectivity index (χ1v) is 6.41. The summed E-state index contributed by atoms with van der Waals surface area (Å²) in [5.41, 5.74) is 1.48. The van der Waals surface area contributed by atoms with Gasteiger partial charge in [0.15, 0.2) is 0 Å². The molecule has 1 aliphatic rings. The zero-order valence-electron chi connectivity index (χ0n) is 10.8. The third-order valence-electron chi connectivity index (χ3n) is 3.27. The quantitative estimate of drug-likeness (QED) is 0.872. The molecule has 1 aliphatic heterocycles. The molecule has 1 aromatic heterocycles. The Labute approximate surface area is 110 Å². The van der Waals surface area contributed by atoms with Crippen molar-refractivity contribution >= 4 is 17.0 Å². The van der Waals surface area contributed by atoms with Crippen LogP contribution in [-0.4, -0.2) is 49.4 Å². The van der Waals surface area contributed by atoms with Crippen LogP contribution in [0.5, 0.6) is 0 Å². The normalized spacial score (nSPS) is 19.8. The molecule has 0 bridgehead atoms. The van der Waals surface area contributed by atoms with E-state index in [-0.39, 0.29) is 11.9 Å². The Balaban J connectivity index is 1.75. The van der Waals surface area contributed by atoms with Crippen molar-refractivity contribution in [3.05, 3.63) is 24.0 Å². The van der Waals surface area contributed by atoms with Gasteiger partial charge in [0, 0.05) is 26.7 Å². The molecule has 102 valence electrons. The highest BCUT2D eigenvalue weighted by Crippen LogP contribution is 2.18. The number of morpholine rings is 1. The maximum absolute atomic E-state index is 13.1. The van der Waals surface area contributed by atoms with Crippen LogP contribution in [-0.2, 0) is 4.74 Å². The lowest BCUT2D eigenvalue weighted by molar-refractivity contribution is 0.0338. The van der Waals surface area contributed by atoms with E-state index in [9.17, 15) is 4.39 Å². The Morgan fingerprint density at radius 3 is 3.21 bits per heavy atom. The molecule has 6 heteroatoms. The Morgan fingerprint density at radius 1 is 1.53 bits per heavy atom. The Hall–Kier alpha value is -1.66. The maximum atomic E-state index is 13.1. The zero-order chi connectivity index (χ0) is 13.2. The fourth-order valence-corrected chi connectivity index (χ4v) is 2.28. The number of aromatic amines is 1. The van der Waals surface area contributed by atoms with Crippen LogP contribution in [0.4, 0.5) is 10.3 Å². The summed E-state index contributed by atoms with van der Waals surface area (Å²) in [6.07, 6.45) is 0.156. The van der Waals surface area contributed by atoms with Crippen molar-refractivity contribution in [3.8, 4) is 0 Å². The average molecular weight is 264 g/mol. The van der Waals surface area contributed by atoms with Crippen molar-refractivity contribution in [3.63, 3.8) is 0 Å². The molecule has 1 fully saturated rings. The minimum Gasteiger partial charge on any atom is -0.374 e. The van der Waals surface area contributed by atoms with E-state index in [1.807, 2.05) is 11.9 Å². The summed E-state index contributed by atoms with van der Waals surface area (Å²) in [6.45, 7) is 3.24. The molecule has 19 heavy (non-hydrogen) atoms. The summed E-state index contributed by atoms with van der Waals surface area (Å²) in [5.74, 6) is 0.472. The fourth-order valence-electron chi connectivity index (χ4n) is 2.28. The van der Waals surface area contributed by atoms with Crippen molar-refractivity contribution < 1.29 is 9.13 Å². The average Bonchev–Trinajstić information content (AvgIpc) is 2.83. The Kier molecular flexibility index (Phi) is 3.35. The molecule has 1 saturated heterocycles. The van der Waals surface area contributed by atoms with E-state index in [4.69, 9.17) is 4.74 Å². The van der Waals surface area contributed by atoms with Crippen LogP contribution in [0.3, 0.4) is 0 Å². The molecule has 1 aromatic carbocycles. The van der Waals surface area contributed by atoms with Gasteiger partial charge < -0.3 is 19.9 Å². The van der Waals surface area contributed by atoms with Gasteiger partial charge in [0.05, 0.1) is 23.7 Å². The highest BCUT2D eigenvalue weighted by atomic mass is 19.1. The second-order valence-corrected chi connectivity index (χ2v) is 4.80. The molecule has 3 rings (SSSR count). The van der Waals surface area contributed by atoms with Crippen LogP contribution < -0.4 is 10.2 Å². The number of rotatable bonds is 3. The van der Waals surface area contributed by atoms with E-state index in [1.165, 1.54) is 12.1 Å². The molecule has 2 N–H and O–H groups in total. The zero-order valence-corrected chi connectivity index (χ0v) is 10.8. The fraction of sp³-hybridized carbons (Fsp3) is 0.462. The minimum absolute atomic E-state index is 0.156. The Bertz CT molecular complexity index is 565. The van der Waals surface area contributed by atoms with Gasteiger partial charge in [-0.05, 0) is 18.2 Å². The van der Waals surface area contributed by atoms with E-state index in [2.05, 4.69) is 15.3 Å². The second-order valence-electron chi connectivity index (χ2n) is 4.80. The molecule has 0 aliphatic carbocycles. The standard InChI is InChI=1S/C13H17FN4O/c1-18(8-10-7-15-4-5-19-10)13-16-11-3-2-9(14)6-12(11)17-13/h2-3,6,10,15H,4-5,7-8H2,1H3,(H,16,17). The molecule has 0 saturated carbocycles. The lowest BCUT2D eigenvalue weighted by Gasteiger charge is -2.27. The molecule has 0 amide bonds. The van der Waals surface area contributed by atoms with E-state index < -0.39 is 0 Å². The van der Waals surface area contributed by atoms with E-state index in [1.54, 1.807) is 6.07 Å². The van der Waals surface area contributed by atoms with Gasteiger partial charge in [-0.15, -0.1) is 0 Å². The predicted octanol–water partition coefficient (Wildman–Crippen LogP) is 1.13.